The number of fused-ring (bicyclic) bond motifs is 2. The summed E-state index contributed by atoms with van der Waals surface area (Å²) in [5, 5.41) is 4.42. The summed E-state index contributed by atoms with van der Waals surface area (Å²) in [7, 11) is 2.09. The van der Waals surface area contributed by atoms with Crippen molar-refractivity contribution < 1.29 is 0 Å². The molecule has 0 aliphatic carbocycles. The van der Waals surface area contributed by atoms with Gasteiger partial charge in [0.2, 0.25) is 0 Å². The molecule has 1 aliphatic rings. The Kier molecular flexibility index (Phi) is 2.51. The van der Waals surface area contributed by atoms with E-state index in [4.69, 9.17) is 0 Å². The van der Waals surface area contributed by atoms with Gasteiger partial charge in [-0.05, 0) is 43.5 Å². The van der Waals surface area contributed by atoms with E-state index in [-0.39, 0.29) is 0 Å². The highest BCUT2D eigenvalue weighted by molar-refractivity contribution is 5.69. The van der Waals surface area contributed by atoms with Gasteiger partial charge in [-0.15, -0.1) is 0 Å². The highest BCUT2D eigenvalue weighted by Crippen LogP contribution is 2.29. The molecule has 0 spiro atoms. The Morgan fingerprint density at radius 2 is 2.00 bits per heavy atom. The number of anilines is 1. The monoisotopic (exact) mass is 279 g/mol. The Morgan fingerprint density at radius 1 is 1.14 bits per heavy atom. The van der Waals surface area contributed by atoms with Crippen LogP contribution in [0.25, 0.3) is 16.8 Å². The van der Waals surface area contributed by atoms with Crippen molar-refractivity contribution in [1.29, 1.82) is 0 Å². The summed E-state index contributed by atoms with van der Waals surface area (Å²) in [6.45, 7) is 5.03. The third-order valence-corrected chi connectivity index (χ3v) is 4.08. The maximum absolute atomic E-state index is 4.61. The van der Waals surface area contributed by atoms with Gasteiger partial charge in [-0.2, -0.15) is 5.10 Å². The largest absolute Gasteiger partial charge is 0.359 e. The molecule has 3 aromatic heterocycles. The van der Waals surface area contributed by atoms with Crippen molar-refractivity contribution in [2.45, 2.75) is 20.3 Å². The molecule has 3 aromatic rings. The van der Waals surface area contributed by atoms with Gasteiger partial charge >= 0.3 is 0 Å². The molecular formula is C16H17N5. The minimum atomic E-state index is 0.795. The van der Waals surface area contributed by atoms with Crippen molar-refractivity contribution in [2.75, 3.05) is 18.5 Å². The SMILES string of the molecule is Cc1nc2c(C)cc(-c3cnc4c(c3)CCN4C)cn2n1. The molecular weight excluding hydrogens is 262 g/mol. The van der Waals surface area contributed by atoms with Gasteiger partial charge in [-0.3, -0.25) is 0 Å². The highest BCUT2D eigenvalue weighted by atomic mass is 15.3. The van der Waals surface area contributed by atoms with E-state index >= 15 is 0 Å². The number of likely N-dealkylation sites (N-methyl/N-ethyl adjacent to an activating group) is 1. The van der Waals surface area contributed by atoms with Crippen LogP contribution >= 0.6 is 0 Å². The number of nitrogens with zero attached hydrogens (tertiary/aromatic N) is 5. The second-order valence-electron chi connectivity index (χ2n) is 5.72. The van der Waals surface area contributed by atoms with E-state index in [2.05, 4.69) is 46.1 Å². The van der Waals surface area contributed by atoms with Gasteiger partial charge in [-0.1, -0.05) is 0 Å². The van der Waals surface area contributed by atoms with E-state index < -0.39 is 0 Å². The van der Waals surface area contributed by atoms with Crippen LogP contribution in [-0.4, -0.2) is 33.2 Å². The first-order valence-electron chi connectivity index (χ1n) is 7.16. The number of rotatable bonds is 1. The van der Waals surface area contributed by atoms with Crippen molar-refractivity contribution in [3.63, 3.8) is 0 Å². The number of hydrogen-bond donors (Lipinski definition) is 0. The van der Waals surface area contributed by atoms with Crippen LogP contribution in [0, 0.1) is 13.8 Å². The standard InChI is InChI=1S/C16H17N5/c1-10-6-14(9-21-15(10)18-11(2)19-21)13-7-12-4-5-20(3)16(12)17-8-13/h6-9H,4-5H2,1-3H3. The summed E-state index contributed by atoms with van der Waals surface area (Å²) in [5.41, 5.74) is 5.65. The lowest BCUT2D eigenvalue weighted by atomic mass is 10.1. The molecule has 21 heavy (non-hydrogen) atoms. The molecule has 0 radical (unpaired) electrons. The van der Waals surface area contributed by atoms with Gasteiger partial charge in [0.25, 0.3) is 0 Å². The van der Waals surface area contributed by atoms with E-state index in [9.17, 15) is 0 Å². The first-order valence-corrected chi connectivity index (χ1v) is 7.16. The second kappa shape index (κ2) is 4.28. The smallest absolute Gasteiger partial charge is 0.158 e. The summed E-state index contributed by atoms with van der Waals surface area (Å²) >= 11 is 0. The first-order chi connectivity index (χ1) is 10.1. The molecule has 0 amide bonds. The Bertz CT molecular complexity index is 849. The Morgan fingerprint density at radius 3 is 2.86 bits per heavy atom. The Labute approximate surface area is 123 Å². The van der Waals surface area contributed by atoms with Crippen LogP contribution in [0.5, 0.6) is 0 Å². The third-order valence-electron chi connectivity index (χ3n) is 4.08. The fourth-order valence-corrected chi connectivity index (χ4v) is 3.00. The van der Waals surface area contributed by atoms with Gasteiger partial charge in [-0.25, -0.2) is 14.5 Å². The van der Waals surface area contributed by atoms with Crippen LogP contribution < -0.4 is 4.90 Å². The number of hydrogen-bond acceptors (Lipinski definition) is 4. The van der Waals surface area contributed by atoms with Gasteiger partial charge in [0.15, 0.2) is 5.65 Å². The molecule has 4 rings (SSSR count). The molecule has 4 heterocycles. The first kappa shape index (κ1) is 12.3. The molecule has 0 saturated carbocycles. The molecule has 0 N–H and O–H groups in total. The maximum Gasteiger partial charge on any atom is 0.158 e. The fraction of sp³-hybridized carbons (Fsp3) is 0.312. The van der Waals surface area contributed by atoms with Crippen molar-refractivity contribution in [3.8, 4) is 11.1 Å². The summed E-state index contributed by atoms with van der Waals surface area (Å²) in [4.78, 5) is 11.3. The van der Waals surface area contributed by atoms with Gasteiger partial charge < -0.3 is 4.90 Å². The molecule has 0 aromatic carbocycles. The molecule has 1 aliphatic heterocycles. The fourth-order valence-electron chi connectivity index (χ4n) is 3.00. The molecule has 0 saturated heterocycles. The number of pyridine rings is 2. The molecule has 0 atom stereocenters. The molecule has 5 heteroatoms. The molecule has 0 fully saturated rings. The molecule has 106 valence electrons. The predicted octanol–water partition coefficient (Wildman–Crippen LogP) is 2.40. The van der Waals surface area contributed by atoms with Crippen LogP contribution in [0.3, 0.4) is 0 Å². The van der Waals surface area contributed by atoms with Crippen molar-refractivity contribution in [3.05, 3.63) is 41.5 Å². The minimum Gasteiger partial charge on any atom is -0.359 e. The van der Waals surface area contributed by atoms with E-state index in [1.165, 1.54) is 5.56 Å². The van der Waals surface area contributed by atoms with Crippen LogP contribution in [0.2, 0.25) is 0 Å². The number of aryl methyl sites for hydroxylation is 2. The Balaban J connectivity index is 1.87. The average Bonchev–Trinajstić information content (AvgIpc) is 3.02. The zero-order valence-electron chi connectivity index (χ0n) is 12.5. The van der Waals surface area contributed by atoms with Crippen LogP contribution in [0.4, 0.5) is 5.82 Å². The van der Waals surface area contributed by atoms with Crippen LogP contribution in [0.15, 0.2) is 24.5 Å². The lowest BCUT2D eigenvalue weighted by Crippen LogP contribution is -2.13. The van der Waals surface area contributed by atoms with Crippen LogP contribution in [0.1, 0.15) is 17.0 Å². The molecule has 5 nitrogen and oxygen atoms in total. The van der Waals surface area contributed by atoms with Gasteiger partial charge in [0.05, 0.1) is 0 Å². The zero-order chi connectivity index (χ0) is 14.6. The normalized spacial score (nSPS) is 14.0. The number of aromatic nitrogens is 4. The topological polar surface area (TPSA) is 46.3 Å². The van der Waals surface area contributed by atoms with E-state index in [1.54, 1.807) is 0 Å². The van der Waals surface area contributed by atoms with E-state index in [0.29, 0.717) is 0 Å². The summed E-state index contributed by atoms with van der Waals surface area (Å²) in [6.07, 6.45) is 5.05. The highest BCUT2D eigenvalue weighted by Gasteiger charge is 2.18. The van der Waals surface area contributed by atoms with Crippen molar-refractivity contribution >= 4 is 11.5 Å². The summed E-state index contributed by atoms with van der Waals surface area (Å²) in [5.74, 6) is 1.90. The lowest BCUT2D eigenvalue weighted by molar-refractivity contribution is 0.928. The van der Waals surface area contributed by atoms with Gasteiger partial charge in [0.1, 0.15) is 11.6 Å². The van der Waals surface area contributed by atoms with Crippen LogP contribution in [-0.2, 0) is 6.42 Å². The van der Waals surface area contributed by atoms with Crippen molar-refractivity contribution in [2.24, 2.45) is 0 Å². The quantitative estimate of drug-likeness (QED) is 0.686. The molecule has 0 bridgehead atoms. The zero-order valence-corrected chi connectivity index (χ0v) is 12.5. The predicted molar refractivity (Wildman–Crippen MR) is 82.7 cm³/mol. The lowest BCUT2D eigenvalue weighted by Gasteiger charge is -2.11. The molecule has 0 unspecified atom stereocenters. The van der Waals surface area contributed by atoms with E-state index in [1.807, 2.05) is 23.8 Å². The van der Waals surface area contributed by atoms with E-state index in [0.717, 1.165) is 46.9 Å². The second-order valence-corrected chi connectivity index (χ2v) is 5.72. The Hall–Kier alpha value is -2.43. The maximum atomic E-state index is 4.61. The van der Waals surface area contributed by atoms with Gasteiger partial charge in [0, 0.05) is 37.1 Å². The summed E-state index contributed by atoms with van der Waals surface area (Å²) < 4.78 is 1.86. The average molecular weight is 279 g/mol. The third kappa shape index (κ3) is 1.88. The summed E-state index contributed by atoms with van der Waals surface area (Å²) in [6, 6.07) is 4.40. The minimum absolute atomic E-state index is 0.795. The van der Waals surface area contributed by atoms with Crippen molar-refractivity contribution in [1.82, 2.24) is 19.6 Å².